The molecule has 3 fully saturated rings. The fraction of sp³-hybridized carbons (Fsp3) is 0.545. The second-order valence-electron chi connectivity index (χ2n) is 19.7. The van der Waals surface area contributed by atoms with Crippen LogP contribution in [0.15, 0.2) is 114 Å². The lowest BCUT2D eigenvalue weighted by Crippen LogP contribution is -2.47. The molecule has 0 heterocycles. The Hall–Kier alpha value is -4.33. The molecule has 0 radical (unpaired) electrons. The molecule has 9 atom stereocenters. The minimum absolute atomic E-state index is 0.128. The molecule has 7 heteroatoms. The van der Waals surface area contributed by atoms with E-state index >= 15 is 0 Å². The molecule has 6 unspecified atom stereocenters. The summed E-state index contributed by atoms with van der Waals surface area (Å²) in [6.07, 6.45) is 17.3. The monoisotopic (exact) mass is 844 g/mol. The number of amides is 1. The van der Waals surface area contributed by atoms with Gasteiger partial charge in [0.15, 0.2) is 0 Å². The van der Waals surface area contributed by atoms with Gasteiger partial charge in [-0.25, -0.2) is 4.79 Å². The first-order valence-corrected chi connectivity index (χ1v) is 23.5. The summed E-state index contributed by atoms with van der Waals surface area (Å²) in [4.78, 5) is 13.1. The molecule has 0 aliphatic heterocycles. The van der Waals surface area contributed by atoms with E-state index in [1.165, 1.54) is 31.3 Å². The second kappa shape index (κ2) is 19.6. The van der Waals surface area contributed by atoms with E-state index in [0.717, 1.165) is 53.4 Å². The molecule has 3 saturated carbocycles. The van der Waals surface area contributed by atoms with Gasteiger partial charge >= 0.3 is 6.09 Å². The van der Waals surface area contributed by atoms with Crippen molar-refractivity contribution in [2.24, 2.45) is 46.3 Å². The average Bonchev–Trinajstić information content (AvgIpc) is 3.65. The maximum Gasteiger partial charge on any atom is 0.407 e. The van der Waals surface area contributed by atoms with Gasteiger partial charge in [-0.15, -0.1) is 0 Å². The zero-order chi connectivity index (χ0) is 44.1. The second-order valence-corrected chi connectivity index (χ2v) is 19.7. The molecule has 4 aliphatic rings. The Morgan fingerprint density at radius 2 is 1.44 bits per heavy atom. The Morgan fingerprint density at radius 1 is 0.790 bits per heavy atom. The molecule has 334 valence electrons. The number of hydrogen-bond acceptors (Lipinski definition) is 6. The van der Waals surface area contributed by atoms with Crippen LogP contribution in [0.25, 0.3) is 0 Å². The molecule has 4 aliphatic carbocycles. The van der Waals surface area contributed by atoms with Crippen molar-refractivity contribution < 1.29 is 28.8 Å². The Kier molecular flexibility index (Phi) is 14.4. The summed E-state index contributed by atoms with van der Waals surface area (Å²) in [5.41, 5.74) is 5.51. The summed E-state index contributed by atoms with van der Waals surface area (Å²) < 4.78 is 23.9. The third-order valence-electron chi connectivity index (χ3n) is 16.0. The maximum atomic E-state index is 13.1. The van der Waals surface area contributed by atoms with E-state index in [-0.39, 0.29) is 18.1 Å². The molecule has 0 bridgehead atoms. The summed E-state index contributed by atoms with van der Waals surface area (Å²) >= 11 is 0. The minimum Gasteiger partial charge on any atom is -0.497 e. The predicted molar refractivity (Wildman–Crippen MR) is 249 cm³/mol. The van der Waals surface area contributed by atoms with Gasteiger partial charge in [-0.05, 0) is 139 Å². The predicted octanol–water partition coefficient (Wildman–Crippen LogP) is 12.2. The van der Waals surface area contributed by atoms with Crippen LogP contribution in [0.1, 0.15) is 116 Å². The molecule has 7 rings (SSSR count). The lowest BCUT2D eigenvalue weighted by molar-refractivity contribution is -0.00635. The third kappa shape index (κ3) is 9.31. The van der Waals surface area contributed by atoms with Crippen LogP contribution in [0.3, 0.4) is 0 Å². The fourth-order valence-corrected chi connectivity index (χ4v) is 11.8. The molecule has 0 saturated heterocycles. The average molecular weight is 844 g/mol. The maximum absolute atomic E-state index is 13.1. The van der Waals surface area contributed by atoms with Gasteiger partial charge in [-0.1, -0.05) is 132 Å². The Labute approximate surface area is 372 Å². The molecular formula is C55H73NO6. The van der Waals surface area contributed by atoms with Crippen molar-refractivity contribution in [3.05, 3.63) is 131 Å². The van der Waals surface area contributed by atoms with E-state index in [0.29, 0.717) is 54.4 Å². The molecule has 7 nitrogen and oxygen atoms in total. The minimum atomic E-state index is -0.956. The van der Waals surface area contributed by atoms with Gasteiger partial charge in [0.2, 0.25) is 0 Å². The first-order chi connectivity index (χ1) is 29.8. The zero-order valence-electron chi connectivity index (χ0n) is 38.7. The van der Waals surface area contributed by atoms with E-state index in [9.17, 15) is 9.90 Å². The van der Waals surface area contributed by atoms with Crippen molar-refractivity contribution in [3.8, 4) is 11.5 Å². The van der Waals surface area contributed by atoms with Crippen LogP contribution >= 0.6 is 0 Å². The summed E-state index contributed by atoms with van der Waals surface area (Å²) in [6, 6.07) is 26.0. The number of hydrogen-bond donors (Lipinski definition) is 2. The SMILES string of the molecule is COc1ccc(C(OCCC(O)CCNC(=O)O[C@@H]2CC[C@]3(C)C(=CC=C4C5CCC(C(C)C=CC(C)C(C)C)[C@]5(C)CCC43)C2)(c2ccccc2)c2ccc(OC)cc2)cc1. The Bertz CT molecular complexity index is 1990. The largest absolute Gasteiger partial charge is 0.497 e. The smallest absolute Gasteiger partial charge is 0.407 e. The van der Waals surface area contributed by atoms with Crippen LogP contribution in [0, 0.1) is 46.3 Å². The number of ether oxygens (including phenoxy) is 4. The van der Waals surface area contributed by atoms with Crippen LogP contribution in [-0.2, 0) is 15.1 Å². The van der Waals surface area contributed by atoms with Gasteiger partial charge in [0.05, 0.1) is 26.9 Å². The molecule has 3 aromatic rings. The van der Waals surface area contributed by atoms with Crippen molar-refractivity contribution in [3.63, 3.8) is 0 Å². The van der Waals surface area contributed by atoms with E-state index in [1.54, 1.807) is 19.8 Å². The van der Waals surface area contributed by atoms with Crippen LogP contribution in [0.4, 0.5) is 4.79 Å². The molecular weight excluding hydrogens is 771 g/mol. The van der Waals surface area contributed by atoms with Crippen molar-refractivity contribution in [2.75, 3.05) is 27.4 Å². The number of carbonyl (C=O) groups is 1. The van der Waals surface area contributed by atoms with Crippen LogP contribution in [-0.4, -0.2) is 50.8 Å². The summed E-state index contributed by atoms with van der Waals surface area (Å²) in [5.74, 6) is 5.37. The highest BCUT2D eigenvalue weighted by Gasteiger charge is 2.57. The van der Waals surface area contributed by atoms with Gasteiger partial charge in [0.1, 0.15) is 23.2 Å². The molecule has 1 amide bonds. The number of benzene rings is 3. The summed E-state index contributed by atoms with van der Waals surface area (Å²) in [6.45, 7) is 15.1. The number of allylic oxidation sites excluding steroid dienone is 5. The number of aliphatic hydroxyl groups excluding tert-OH is 1. The van der Waals surface area contributed by atoms with Gasteiger partial charge < -0.3 is 29.4 Å². The van der Waals surface area contributed by atoms with Crippen molar-refractivity contribution >= 4 is 6.09 Å². The molecule has 2 N–H and O–H groups in total. The quantitative estimate of drug-likeness (QED) is 0.104. The topological polar surface area (TPSA) is 86.2 Å². The number of alkyl carbamates (subject to hydrolysis) is 1. The highest BCUT2D eigenvalue weighted by molar-refractivity contribution is 5.67. The third-order valence-corrected chi connectivity index (χ3v) is 16.0. The van der Waals surface area contributed by atoms with Gasteiger partial charge in [-0.2, -0.15) is 0 Å². The van der Waals surface area contributed by atoms with Crippen molar-refractivity contribution in [2.45, 2.75) is 117 Å². The fourth-order valence-electron chi connectivity index (χ4n) is 11.8. The standard InChI is InChI=1S/C55H73NO6/c1-37(2)38(3)14-15-39(4)49-26-27-50-48-25-20-43-36-47(28-32-53(43,5)51(48)29-33-54(49,50)6)62-52(58)56-34-30-44(57)31-35-61-55(40-12-10-9-11-13-40,41-16-21-45(59-7)22-17-41)42-18-23-46(60-8)24-19-42/h9-25,37-39,44,47,49-51,57H,26-36H2,1-8H3,(H,56,58)/t38?,39?,44?,47-,49?,50?,51?,53-,54+/m1/s1. The van der Waals surface area contributed by atoms with E-state index in [1.807, 2.05) is 66.7 Å². The Balaban J connectivity index is 0.928. The van der Waals surface area contributed by atoms with Crippen molar-refractivity contribution in [1.29, 1.82) is 0 Å². The number of rotatable bonds is 17. The summed E-state index contributed by atoms with van der Waals surface area (Å²) in [7, 11) is 3.31. The zero-order valence-corrected chi connectivity index (χ0v) is 38.7. The highest BCUT2D eigenvalue weighted by atomic mass is 16.6. The molecule has 3 aromatic carbocycles. The first-order valence-electron chi connectivity index (χ1n) is 23.5. The van der Waals surface area contributed by atoms with E-state index < -0.39 is 17.8 Å². The molecule has 62 heavy (non-hydrogen) atoms. The van der Waals surface area contributed by atoms with E-state index in [2.05, 4.69) is 83.3 Å². The molecule has 0 spiro atoms. The number of aliphatic hydroxyl groups is 1. The van der Waals surface area contributed by atoms with Crippen LogP contribution in [0.5, 0.6) is 11.5 Å². The highest BCUT2D eigenvalue weighted by Crippen LogP contribution is 2.66. The van der Waals surface area contributed by atoms with Gasteiger partial charge in [0.25, 0.3) is 0 Å². The van der Waals surface area contributed by atoms with Crippen LogP contribution in [0.2, 0.25) is 0 Å². The number of nitrogens with one attached hydrogen (secondary N) is 1. The lowest BCUT2D eigenvalue weighted by Gasteiger charge is -2.55. The lowest BCUT2D eigenvalue weighted by atomic mass is 9.50. The van der Waals surface area contributed by atoms with Gasteiger partial charge in [-0.3, -0.25) is 0 Å². The first kappa shape index (κ1) is 45.7. The van der Waals surface area contributed by atoms with Crippen molar-refractivity contribution in [1.82, 2.24) is 5.32 Å². The molecule has 0 aromatic heterocycles. The van der Waals surface area contributed by atoms with E-state index in [4.69, 9.17) is 18.9 Å². The summed E-state index contributed by atoms with van der Waals surface area (Å²) in [5, 5.41) is 14.1. The van der Waals surface area contributed by atoms with Crippen LogP contribution < -0.4 is 14.8 Å². The number of carbonyl (C=O) groups excluding carboxylic acids is 1. The number of methoxy groups -OCH3 is 2. The Morgan fingerprint density at radius 3 is 2.06 bits per heavy atom. The normalized spacial score (nSPS) is 27.3. The van der Waals surface area contributed by atoms with Gasteiger partial charge in [0, 0.05) is 13.0 Å². The number of fused-ring (bicyclic) bond motifs is 5.